The van der Waals surface area contributed by atoms with Crippen molar-refractivity contribution >= 4 is 5.70 Å². The molecule has 2 bridgehead atoms. The number of hydrogen-bond donors (Lipinski definition) is 1. The summed E-state index contributed by atoms with van der Waals surface area (Å²) in [7, 11) is 1.79. The van der Waals surface area contributed by atoms with E-state index in [0.29, 0.717) is 0 Å². The number of aliphatic hydroxyl groups is 1. The van der Waals surface area contributed by atoms with Gasteiger partial charge in [-0.1, -0.05) is 19.6 Å². The number of allylic oxidation sites excluding steroid dienone is 4. The quantitative estimate of drug-likeness (QED) is 0.385. The van der Waals surface area contributed by atoms with Gasteiger partial charge in [0.05, 0.1) is 5.60 Å². The fourth-order valence-corrected chi connectivity index (χ4v) is 4.40. The third-order valence-electron chi connectivity index (χ3n) is 6.28. The van der Waals surface area contributed by atoms with Gasteiger partial charge in [0, 0.05) is 24.4 Å². The van der Waals surface area contributed by atoms with Gasteiger partial charge in [0.1, 0.15) is 5.76 Å². The highest BCUT2D eigenvalue weighted by atomic mass is 16.5. The van der Waals surface area contributed by atoms with Crippen LogP contribution in [0.3, 0.4) is 0 Å². The second-order valence-corrected chi connectivity index (χ2v) is 7.84. The van der Waals surface area contributed by atoms with E-state index in [-0.39, 0.29) is 5.41 Å². The number of pyridine rings is 1. The molecule has 0 atom stereocenters. The first-order chi connectivity index (χ1) is 14.0. The van der Waals surface area contributed by atoms with Gasteiger partial charge >= 0.3 is 0 Å². The number of rotatable bonds is 6. The number of aromatic nitrogens is 1. The lowest BCUT2D eigenvalue weighted by Crippen LogP contribution is -2.47. The molecule has 0 aromatic carbocycles. The van der Waals surface area contributed by atoms with E-state index in [2.05, 4.69) is 42.3 Å². The number of fused-ring (bicyclic) bond motifs is 3. The van der Waals surface area contributed by atoms with E-state index in [1.165, 1.54) is 0 Å². The van der Waals surface area contributed by atoms with Crippen molar-refractivity contribution in [1.29, 1.82) is 0 Å². The van der Waals surface area contributed by atoms with Gasteiger partial charge in [-0.2, -0.15) is 0 Å². The van der Waals surface area contributed by atoms with E-state index in [0.717, 1.165) is 67.6 Å². The average Bonchev–Trinajstić information content (AvgIpc) is 2.78. The fourth-order valence-electron chi connectivity index (χ4n) is 4.40. The van der Waals surface area contributed by atoms with Crippen LogP contribution in [0.1, 0.15) is 58.8 Å². The predicted molar refractivity (Wildman–Crippen MR) is 121 cm³/mol. The standard InChI is InChI=1S/C23H32N2O2.C2H4/c1-5-7-9-19(6-2)27-20-10-8-17-25(21(20)24-4)18(3)22-11-14-23(26,15-12-22)16-13-22;1-2/h6-10,17,26H,3,5,11-16H2,1-2,4H3;1-2H2/b9-7-,19-6+,24-21?;. The minimum atomic E-state index is -0.442. The highest BCUT2D eigenvalue weighted by Gasteiger charge is 2.49. The van der Waals surface area contributed by atoms with Gasteiger partial charge in [0.2, 0.25) is 0 Å². The lowest BCUT2D eigenvalue weighted by Gasteiger charge is -2.52. The van der Waals surface area contributed by atoms with Crippen LogP contribution in [0.15, 0.2) is 67.0 Å². The van der Waals surface area contributed by atoms with Crippen molar-refractivity contribution in [2.45, 2.75) is 64.4 Å². The molecule has 4 rings (SSSR count). The van der Waals surface area contributed by atoms with Gasteiger partial charge in [0.15, 0.2) is 11.2 Å². The largest absolute Gasteiger partial charge is 0.454 e. The Morgan fingerprint density at radius 1 is 1.24 bits per heavy atom. The van der Waals surface area contributed by atoms with E-state index >= 15 is 0 Å². The average molecular weight is 397 g/mol. The van der Waals surface area contributed by atoms with Crippen LogP contribution in [-0.2, 0) is 0 Å². The van der Waals surface area contributed by atoms with E-state index < -0.39 is 5.60 Å². The Kier molecular flexibility index (Phi) is 7.86. The van der Waals surface area contributed by atoms with E-state index in [4.69, 9.17) is 4.74 Å². The van der Waals surface area contributed by atoms with E-state index in [9.17, 15) is 5.11 Å². The van der Waals surface area contributed by atoms with Crippen LogP contribution in [0.2, 0.25) is 0 Å². The van der Waals surface area contributed by atoms with Crippen molar-refractivity contribution in [3.8, 4) is 5.75 Å². The topological polar surface area (TPSA) is 46.8 Å². The molecule has 29 heavy (non-hydrogen) atoms. The molecule has 1 aromatic heterocycles. The number of hydrogen-bond acceptors (Lipinski definition) is 3. The van der Waals surface area contributed by atoms with E-state index in [1.54, 1.807) is 7.05 Å². The van der Waals surface area contributed by atoms with E-state index in [1.807, 2.05) is 37.4 Å². The second kappa shape index (κ2) is 9.93. The molecule has 158 valence electrons. The lowest BCUT2D eigenvalue weighted by atomic mass is 9.57. The minimum Gasteiger partial charge on any atom is -0.454 e. The van der Waals surface area contributed by atoms with Gasteiger partial charge in [-0.05, 0) is 76.2 Å². The molecule has 1 aromatic rings. The summed E-state index contributed by atoms with van der Waals surface area (Å²) in [5.41, 5.74) is 1.47. The predicted octanol–water partition coefficient (Wildman–Crippen LogP) is 5.63. The van der Waals surface area contributed by atoms with Crippen LogP contribution in [0.5, 0.6) is 5.75 Å². The molecule has 3 aliphatic carbocycles. The zero-order chi connectivity index (χ0) is 21.5. The summed E-state index contributed by atoms with van der Waals surface area (Å²) < 4.78 is 8.22. The highest BCUT2D eigenvalue weighted by Crippen LogP contribution is 2.56. The maximum atomic E-state index is 10.5. The van der Waals surface area contributed by atoms with Gasteiger partial charge in [0.25, 0.3) is 0 Å². The molecule has 1 heterocycles. The summed E-state index contributed by atoms with van der Waals surface area (Å²) in [6.45, 7) is 14.5. The van der Waals surface area contributed by atoms with Crippen molar-refractivity contribution in [3.63, 3.8) is 0 Å². The highest BCUT2D eigenvalue weighted by molar-refractivity contribution is 5.51. The SMILES string of the molecule is C=C.C=C(n1cccc(OC(/C=C\CC)=C/C)c1=NC)C12CCC(O)(CC1)CC2. The van der Waals surface area contributed by atoms with Crippen molar-refractivity contribution < 1.29 is 9.84 Å². The van der Waals surface area contributed by atoms with Crippen molar-refractivity contribution in [1.82, 2.24) is 4.57 Å². The van der Waals surface area contributed by atoms with Crippen LogP contribution in [0.25, 0.3) is 5.70 Å². The molecule has 3 aliphatic rings. The molecule has 0 amide bonds. The Balaban J connectivity index is 0.00000145. The summed E-state index contributed by atoms with van der Waals surface area (Å²) in [4.78, 5) is 4.52. The van der Waals surface area contributed by atoms with Crippen LogP contribution < -0.4 is 10.2 Å². The monoisotopic (exact) mass is 396 g/mol. The third-order valence-corrected chi connectivity index (χ3v) is 6.28. The van der Waals surface area contributed by atoms with Gasteiger partial charge in [-0.3, -0.25) is 4.99 Å². The summed E-state index contributed by atoms with van der Waals surface area (Å²) in [5, 5.41) is 10.5. The van der Waals surface area contributed by atoms with Crippen molar-refractivity contribution in [2.75, 3.05) is 7.05 Å². The normalized spacial score (nSPS) is 26.9. The van der Waals surface area contributed by atoms with Gasteiger partial charge in [-0.15, -0.1) is 13.2 Å². The molecule has 4 nitrogen and oxygen atoms in total. The first-order valence-corrected chi connectivity index (χ1v) is 10.5. The molecule has 0 spiro atoms. The van der Waals surface area contributed by atoms with Crippen LogP contribution in [0.4, 0.5) is 0 Å². The second-order valence-electron chi connectivity index (χ2n) is 7.84. The van der Waals surface area contributed by atoms with Crippen LogP contribution in [-0.4, -0.2) is 22.3 Å². The van der Waals surface area contributed by atoms with Gasteiger partial charge < -0.3 is 14.4 Å². The summed E-state index contributed by atoms with van der Waals surface area (Å²) in [6, 6.07) is 3.94. The summed E-state index contributed by atoms with van der Waals surface area (Å²) in [6.07, 6.45) is 14.6. The van der Waals surface area contributed by atoms with Crippen LogP contribution in [0, 0.1) is 5.41 Å². The van der Waals surface area contributed by atoms with Crippen molar-refractivity contribution in [2.24, 2.45) is 10.4 Å². The molecule has 0 saturated heterocycles. The summed E-state index contributed by atoms with van der Waals surface area (Å²) >= 11 is 0. The Labute approximate surface area is 175 Å². The molecule has 0 unspecified atom stereocenters. The minimum absolute atomic E-state index is 0.0543. The zero-order valence-corrected chi connectivity index (χ0v) is 18.3. The molecule has 1 N–H and O–H groups in total. The number of ether oxygens (including phenoxy) is 1. The fraction of sp³-hybridized carbons (Fsp3) is 0.480. The summed E-state index contributed by atoms with van der Waals surface area (Å²) in [5.74, 6) is 1.54. The Morgan fingerprint density at radius 2 is 1.86 bits per heavy atom. The molecule has 3 fully saturated rings. The molecular weight excluding hydrogens is 360 g/mol. The first-order valence-electron chi connectivity index (χ1n) is 10.5. The zero-order valence-electron chi connectivity index (χ0n) is 18.3. The van der Waals surface area contributed by atoms with Crippen LogP contribution >= 0.6 is 0 Å². The molecular formula is C25H36N2O2. The lowest BCUT2D eigenvalue weighted by molar-refractivity contribution is -0.0741. The molecule has 3 saturated carbocycles. The number of nitrogens with zero attached hydrogens (tertiary/aromatic N) is 2. The smallest absolute Gasteiger partial charge is 0.175 e. The maximum absolute atomic E-state index is 10.5. The molecule has 0 radical (unpaired) electrons. The Hall–Kier alpha value is -2.33. The molecule has 4 heteroatoms. The van der Waals surface area contributed by atoms with Crippen molar-refractivity contribution in [3.05, 3.63) is 67.5 Å². The molecule has 0 aliphatic heterocycles. The Bertz CT molecular complexity index is 820. The van der Waals surface area contributed by atoms with Gasteiger partial charge in [-0.25, -0.2) is 0 Å². The maximum Gasteiger partial charge on any atom is 0.175 e. The Morgan fingerprint density at radius 3 is 2.38 bits per heavy atom. The first kappa shape index (κ1) is 23.0. The third kappa shape index (κ3) is 4.81.